The molecule has 0 aliphatic carbocycles. The van der Waals surface area contributed by atoms with Crippen molar-refractivity contribution in [1.82, 2.24) is 9.78 Å². The highest BCUT2D eigenvalue weighted by molar-refractivity contribution is 7.86. The van der Waals surface area contributed by atoms with Gasteiger partial charge >= 0.3 is 6.18 Å². The highest BCUT2D eigenvalue weighted by Crippen LogP contribution is 2.40. The van der Waals surface area contributed by atoms with Gasteiger partial charge in [0.25, 0.3) is 0 Å². The van der Waals surface area contributed by atoms with Crippen molar-refractivity contribution in [2.45, 2.75) is 18.0 Å². The van der Waals surface area contributed by atoms with Gasteiger partial charge in [0.2, 0.25) is 0 Å². The number of alkyl halides is 3. The largest absolute Gasteiger partial charge is 0.416 e. The van der Waals surface area contributed by atoms with Crippen LogP contribution in [-0.2, 0) is 27.7 Å². The van der Waals surface area contributed by atoms with Crippen LogP contribution in [0.4, 0.5) is 19.0 Å². The van der Waals surface area contributed by atoms with Gasteiger partial charge in [-0.2, -0.15) is 23.5 Å². The van der Waals surface area contributed by atoms with Gasteiger partial charge in [-0.25, -0.2) is 9.04 Å². The minimum atomic E-state index is -4.63. The maximum absolute atomic E-state index is 13.0. The Bertz CT molecular complexity index is 969. The average molecular weight is 457 g/mol. The van der Waals surface area contributed by atoms with Crippen molar-refractivity contribution in [2.24, 2.45) is 4.36 Å². The zero-order valence-electron chi connectivity index (χ0n) is 14.3. The molecule has 1 unspecified atom stereocenters. The number of halogens is 5. The summed E-state index contributed by atoms with van der Waals surface area (Å²) in [5.41, 5.74) is -1.23. The average Bonchev–Trinajstić information content (AvgIpc) is 2.90. The topological polar surface area (TPSA) is 71.0 Å². The van der Waals surface area contributed by atoms with E-state index in [0.717, 1.165) is 4.68 Å². The second-order valence-electron chi connectivity index (χ2n) is 5.31. The number of hydrogen-bond donors (Lipinski definition) is 0. The molecule has 0 bridgehead atoms. The maximum atomic E-state index is 13.0. The molecule has 2 rings (SSSR count). The van der Waals surface area contributed by atoms with E-state index in [-0.39, 0.29) is 37.9 Å². The summed E-state index contributed by atoms with van der Waals surface area (Å²) in [5, 5.41) is 12.8. The summed E-state index contributed by atoms with van der Waals surface area (Å²) < 4.78 is 56.8. The van der Waals surface area contributed by atoms with Gasteiger partial charge in [0.1, 0.15) is 16.7 Å². The minimum absolute atomic E-state index is 0.0635. The van der Waals surface area contributed by atoms with Gasteiger partial charge in [-0.1, -0.05) is 40.8 Å². The molecule has 0 saturated carbocycles. The standard InChI is InChI=1S/C15H13Cl2F3N4OS2/c1-4-27(25)13-11(7-21)22-24(14(13)23-26(2)3)12-9(16)5-8(6-10(12)17)15(18,19)20/h5-6H,4H2,1-3H3. The Morgan fingerprint density at radius 1 is 1.30 bits per heavy atom. The van der Waals surface area contributed by atoms with Crippen molar-refractivity contribution in [3.63, 3.8) is 0 Å². The van der Waals surface area contributed by atoms with Crippen LogP contribution >= 0.6 is 23.2 Å². The van der Waals surface area contributed by atoms with E-state index in [1.807, 2.05) is 6.07 Å². The van der Waals surface area contributed by atoms with Crippen molar-refractivity contribution in [3.8, 4) is 11.8 Å². The second kappa shape index (κ2) is 8.31. The summed E-state index contributed by atoms with van der Waals surface area (Å²) in [5.74, 6) is 0.294. The number of aromatic nitrogens is 2. The summed E-state index contributed by atoms with van der Waals surface area (Å²) in [7, 11) is -2.12. The Kier molecular flexibility index (Phi) is 6.73. The highest BCUT2D eigenvalue weighted by atomic mass is 35.5. The van der Waals surface area contributed by atoms with Crippen LogP contribution in [0.15, 0.2) is 21.4 Å². The van der Waals surface area contributed by atoms with Crippen LogP contribution in [0.25, 0.3) is 5.69 Å². The number of benzene rings is 1. The van der Waals surface area contributed by atoms with E-state index in [0.29, 0.717) is 12.1 Å². The van der Waals surface area contributed by atoms with Crippen LogP contribution in [0.2, 0.25) is 10.0 Å². The third-order valence-electron chi connectivity index (χ3n) is 3.24. The quantitative estimate of drug-likeness (QED) is 0.657. The van der Waals surface area contributed by atoms with Crippen molar-refractivity contribution in [3.05, 3.63) is 33.4 Å². The van der Waals surface area contributed by atoms with E-state index in [9.17, 15) is 22.6 Å². The third-order valence-corrected chi connectivity index (χ3v) is 5.71. The number of hydrogen-bond acceptors (Lipinski definition) is 4. The molecule has 0 amide bonds. The Balaban J connectivity index is 2.88. The molecule has 146 valence electrons. The molecular formula is C15H13Cl2F3N4OS2. The minimum Gasteiger partial charge on any atom is -0.254 e. The van der Waals surface area contributed by atoms with Crippen LogP contribution in [0, 0.1) is 11.3 Å². The second-order valence-corrected chi connectivity index (χ2v) is 9.53. The monoisotopic (exact) mass is 456 g/mol. The zero-order chi connectivity index (χ0) is 20.5. The van der Waals surface area contributed by atoms with E-state index < -0.39 is 33.2 Å². The molecule has 1 aromatic heterocycles. The molecule has 27 heavy (non-hydrogen) atoms. The summed E-state index contributed by atoms with van der Waals surface area (Å²) in [6.45, 7) is 1.66. The Morgan fingerprint density at radius 3 is 2.26 bits per heavy atom. The Labute approximate surface area is 168 Å². The van der Waals surface area contributed by atoms with Crippen LogP contribution in [0.3, 0.4) is 0 Å². The van der Waals surface area contributed by atoms with Crippen molar-refractivity contribution in [1.29, 1.82) is 5.26 Å². The first-order chi connectivity index (χ1) is 12.5. The lowest BCUT2D eigenvalue weighted by Crippen LogP contribution is -2.07. The van der Waals surface area contributed by atoms with E-state index in [1.54, 1.807) is 19.4 Å². The molecule has 0 aliphatic rings. The summed E-state index contributed by atoms with van der Waals surface area (Å²) in [4.78, 5) is 0.105. The van der Waals surface area contributed by atoms with E-state index >= 15 is 0 Å². The Hall–Kier alpha value is -1.41. The maximum Gasteiger partial charge on any atom is 0.416 e. The van der Waals surface area contributed by atoms with Crippen LogP contribution in [0.5, 0.6) is 0 Å². The van der Waals surface area contributed by atoms with Crippen LogP contribution < -0.4 is 0 Å². The van der Waals surface area contributed by atoms with Gasteiger partial charge in [-0.15, -0.1) is 0 Å². The van der Waals surface area contributed by atoms with Gasteiger partial charge < -0.3 is 0 Å². The van der Waals surface area contributed by atoms with E-state index in [1.165, 1.54) is 0 Å². The predicted octanol–water partition coefficient (Wildman–Crippen LogP) is 4.89. The smallest absolute Gasteiger partial charge is 0.254 e. The lowest BCUT2D eigenvalue weighted by molar-refractivity contribution is -0.137. The molecule has 1 atom stereocenters. The summed E-state index contributed by atoms with van der Waals surface area (Å²) >= 11 is 12.1. The molecular weight excluding hydrogens is 444 g/mol. The van der Waals surface area contributed by atoms with Crippen LogP contribution in [-0.4, -0.2) is 32.3 Å². The lowest BCUT2D eigenvalue weighted by atomic mass is 10.2. The van der Waals surface area contributed by atoms with Gasteiger partial charge in [0, 0.05) is 5.75 Å². The van der Waals surface area contributed by atoms with Crippen LogP contribution in [0.1, 0.15) is 18.2 Å². The van der Waals surface area contributed by atoms with Gasteiger partial charge in [-0.3, -0.25) is 4.21 Å². The normalized spacial score (nSPS) is 12.9. The molecule has 12 heteroatoms. The SMILES string of the molecule is CCS(=O)c1c(C#N)nn(-c2c(Cl)cc(C(F)(F)F)cc2Cl)c1N=S(C)C. The molecule has 0 spiro atoms. The Morgan fingerprint density at radius 2 is 1.85 bits per heavy atom. The molecule has 1 aromatic carbocycles. The van der Waals surface area contributed by atoms with Gasteiger partial charge in [-0.05, 0) is 24.6 Å². The molecule has 0 radical (unpaired) electrons. The fourth-order valence-corrected chi connectivity index (χ4v) is 4.31. The van der Waals surface area contributed by atoms with Gasteiger partial charge in [0.05, 0.1) is 26.4 Å². The molecule has 0 N–H and O–H groups in total. The molecule has 0 saturated heterocycles. The van der Waals surface area contributed by atoms with E-state index in [2.05, 4.69) is 9.46 Å². The molecule has 1 heterocycles. The molecule has 2 aromatic rings. The first kappa shape index (κ1) is 21.9. The molecule has 5 nitrogen and oxygen atoms in total. The molecule has 0 fully saturated rings. The zero-order valence-corrected chi connectivity index (χ0v) is 17.4. The van der Waals surface area contributed by atoms with Gasteiger partial charge in [0.15, 0.2) is 11.5 Å². The highest BCUT2D eigenvalue weighted by Gasteiger charge is 2.33. The summed E-state index contributed by atoms with van der Waals surface area (Å²) in [6.07, 6.45) is -1.08. The predicted molar refractivity (Wildman–Crippen MR) is 102 cm³/mol. The fourth-order valence-electron chi connectivity index (χ4n) is 2.16. The first-order valence-corrected chi connectivity index (χ1v) is 11.4. The van der Waals surface area contributed by atoms with Crippen molar-refractivity contribution >= 4 is 50.5 Å². The third kappa shape index (κ3) is 4.54. The number of nitriles is 1. The number of rotatable bonds is 4. The molecule has 0 aliphatic heterocycles. The lowest BCUT2D eigenvalue weighted by Gasteiger charge is -2.13. The van der Waals surface area contributed by atoms with Crippen molar-refractivity contribution < 1.29 is 17.4 Å². The van der Waals surface area contributed by atoms with E-state index in [4.69, 9.17) is 23.2 Å². The fraction of sp³-hybridized carbons (Fsp3) is 0.333. The number of nitrogens with zero attached hydrogens (tertiary/aromatic N) is 4. The summed E-state index contributed by atoms with van der Waals surface area (Å²) in [6, 6.07) is 3.27. The van der Waals surface area contributed by atoms with Crippen molar-refractivity contribution in [2.75, 3.05) is 18.3 Å². The first-order valence-electron chi connectivity index (χ1n) is 7.28.